The van der Waals surface area contributed by atoms with Crippen LogP contribution in [0.15, 0.2) is 18.2 Å². The Labute approximate surface area is 89.7 Å². The maximum Gasteiger partial charge on any atom is 0.251 e. The molecule has 0 aliphatic heterocycles. The highest BCUT2D eigenvalue weighted by atomic mass is 16.1. The van der Waals surface area contributed by atoms with Crippen LogP contribution < -0.4 is 11.1 Å². The van der Waals surface area contributed by atoms with Crippen LogP contribution >= 0.6 is 0 Å². The molecule has 1 aliphatic rings. The van der Waals surface area contributed by atoms with Crippen molar-refractivity contribution in [1.82, 2.24) is 5.32 Å². The van der Waals surface area contributed by atoms with E-state index in [1.807, 2.05) is 12.1 Å². The maximum atomic E-state index is 11.7. The second-order valence-corrected chi connectivity index (χ2v) is 4.06. The average molecular weight is 204 g/mol. The molecule has 0 unspecified atom stereocenters. The zero-order valence-electron chi connectivity index (χ0n) is 8.92. The van der Waals surface area contributed by atoms with E-state index in [1.54, 1.807) is 6.07 Å². The number of aryl methyl sites for hydroxylation is 1. The van der Waals surface area contributed by atoms with E-state index in [2.05, 4.69) is 12.2 Å². The van der Waals surface area contributed by atoms with Crippen LogP contribution in [0, 0.1) is 0 Å². The second kappa shape index (κ2) is 3.93. The minimum absolute atomic E-state index is 0.000463. The zero-order valence-corrected chi connectivity index (χ0v) is 8.92. The fourth-order valence-corrected chi connectivity index (χ4v) is 1.55. The molecule has 15 heavy (non-hydrogen) atoms. The van der Waals surface area contributed by atoms with Crippen LogP contribution in [0.4, 0.5) is 5.69 Å². The van der Waals surface area contributed by atoms with Crippen LogP contribution in [0.25, 0.3) is 0 Å². The summed E-state index contributed by atoms with van der Waals surface area (Å²) in [6.07, 6.45) is 3.11. The minimum Gasteiger partial charge on any atom is -0.399 e. The lowest BCUT2D eigenvalue weighted by atomic mass is 10.1. The predicted octanol–water partition coefficient (Wildman–Crippen LogP) is 1.72. The van der Waals surface area contributed by atoms with Gasteiger partial charge in [-0.25, -0.2) is 0 Å². The van der Waals surface area contributed by atoms with Gasteiger partial charge in [-0.2, -0.15) is 0 Å². The van der Waals surface area contributed by atoms with Crippen LogP contribution in [0.3, 0.4) is 0 Å². The van der Waals surface area contributed by atoms with Gasteiger partial charge >= 0.3 is 0 Å². The standard InChI is InChI=1S/C12H16N2O/c1-2-8-5-9(7-10(13)6-8)12(15)14-11-3-4-11/h5-7,11H,2-4,13H2,1H3,(H,14,15). The Morgan fingerprint density at radius 1 is 1.47 bits per heavy atom. The number of hydrogen-bond acceptors (Lipinski definition) is 2. The highest BCUT2D eigenvalue weighted by Crippen LogP contribution is 2.20. The molecule has 3 nitrogen and oxygen atoms in total. The maximum absolute atomic E-state index is 11.7. The summed E-state index contributed by atoms with van der Waals surface area (Å²) in [6.45, 7) is 2.05. The normalized spacial score (nSPS) is 15.0. The lowest BCUT2D eigenvalue weighted by molar-refractivity contribution is 0.0951. The van der Waals surface area contributed by atoms with Crippen molar-refractivity contribution in [3.05, 3.63) is 29.3 Å². The number of nitrogens with two attached hydrogens (primary N) is 1. The van der Waals surface area contributed by atoms with Crippen molar-refractivity contribution in [2.24, 2.45) is 0 Å². The summed E-state index contributed by atoms with van der Waals surface area (Å²) in [5.74, 6) is -0.000463. The van der Waals surface area contributed by atoms with E-state index in [9.17, 15) is 4.79 Å². The van der Waals surface area contributed by atoms with Crippen molar-refractivity contribution < 1.29 is 4.79 Å². The summed E-state index contributed by atoms with van der Waals surface area (Å²) in [5, 5.41) is 2.95. The van der Waals surface area contributed by atoms with Crippen LogP contribution in [0.1, 0.15) is 35.7 Å². The first-order chi connectivity index (χ1) is 7.19. The van der Waals surface area contributed by atoms with Gasteiger partial charge in [-0.05, 0) is 43.0 Å². The van der Waals surface area contributed by atoms with E-state index >= 15 is 0 Å². The van der Waals surface area contributed by atoms with Crippen LogP contribution in [0.2, 0.25) is 0 Å². The molecule has 0 spiro atoms. The van der Waals surface area contributed by atoms with Gasteiger partial charge in [0.1, 0.15) is 0 Å². The van der Waals surface area contributed by atoms with Gasteiger partial charge in [0.05, 0.1) is 0 Å². The number of nitrogen functional groups attached to an aromatic ring is 1. The van der Waals surface area contributed by atoms with E-state index in [0.29, 0.717) is 17.3 Å². The number of anilines is 1. The number of benzene rings is 1. The summed E-state index contributed by atoms with van der Waals surface area (Å²) < 4.78 is 0. The number of amides is 1. The smallest absolute Gasteiger partial charge is 0.251 e. The molecule has 2 rings (SSSR count). The zero-order chi connectivity index (χ0) is 10.8. The number of carbonyl (C=O) groups excluding carboxylic acids is 1. The van der Waals surface area contributed by atoms with E-state index in [1.165, 1.54) is 0 Å². The molecule has 0 heterocycles. The van der Waals surface area contributed by atoms with Crippen molar-refractivity contribution in [3.63, 3.8) is 0 Å². The van der Waals surface area contributed by atoms with E-state index in [0.717, 1.165) is 24.8 Å². The summed E-state index contributed by atoms with van der Waals surface area (Å²) in [5.41, 5.74) is 8.19. The molecule has 1 saturated carbocycles. The van der Waals surface area contributed by atoms with Crippen molar-refractivity contribution >= 4 is 11.6 Å². The van der Waals surface area contributed by atoms with E-state index in [-0.39, 0.29) is 5.91 Å². The van der Waals surface area contributed by atoms with Crippen LogP contribution in [0.5, 0.6) is 0 Å². The van der Waals surface area contributed by atoms with Gasteiger partial charge < -0.3 is 11.1 Å². The summed E-state index contributed by atoms with van der Waals surface area (Å²) in [6, 6.07) is 5.95. The molecular formula is C12H16N2O. The molecule has 1 amide bonds. The molecule has 0 radical (unpaired) electrons. The lowest BCUT2D eigenvalue weighted by Crippen LogP contribution is -2.25. The molecule has 0 saturated heterocycles. The van der Waals surface area contributed by atoms with Gasteiger partial charge in [0, 0.05) is 17.3 Å². The monoisotopic (exact) mass is 204 g/mol. The summed E-state index contributed by atoms with van der Waals surface area (Å²) in [4.78, 5) is 11.7. The topological polar surface area (TPSA) is 55.1 Å². The summed E-state index contributed by atoms with van der Waals surface area (Å²) >= 11 is 0. The van der Waals surface area contributed by atoms with Crippen LogP contribution in [-0.4, -0.2) is 11.9 Å². The average Bonchev–Trinajstić information content (AvgIpc) is 3.00. The van der Waals surface area contributed by atoms with Gasteiger partial charge in [0.25, 0.3) is 5.91 Å². The van der Waals surface area contributed by atoms with Gasteiger partial charge in [-0.15, -0.1) is 0 Å². The molecule has 3 N–H and O–H groups in total. The molecule has 80 valence electrons. The van der Waals surface area contributed by atoms with E-state index < -0.39 is 0 Å². The highest BCUT2D eigenvalue weighted by Gasteiger charge is 2.23. The Bertz CT molecular complexity index is 383. The number of carbonyl (C=O) groups is 1. The third kappa shape index (κ3) is 2.49. The van der Waals surface area contributed by atoms with Crippen molar-refractivity contribution in [3.8, 4) is 0 Å². The molecule has 3 heteroatoms. The Morgan fingerprint density at radius 2 is 2.20 bits per heavy atom. The van der Waals surface area contributed by atoms with Gasteiger partial charge in [0.2, 0.25) is 0 Å². The molecule has 0 bridgehead atoms. The van der Waals surface area contributed by atoms with E-state index in [4.69, 9.17) is 5.73 Å². The third-order valence-corrected chi connectivity index (χ3v) is 2.60. The second-order valence-electron chi connectivity index (χ2n) is 4.06. The van der Waals surface area contributed by atoms with Gasteiger partial charge in [0.15, 0.2) is 0 Å². The molecule has 0 atom stereocenters. The molecule has 1 fully saturated rings. The molecular weight excluding hydrogens is 188 g/mol. The van der Waals surface area contributed by atoms with Gasteiger partial charge in [-0.1, -0.05) is 6.92 Å². The molecule has 1 aromatic carbocycles. The number of nitrogens with one attached hydrogen (secondary N) is 1. The fraction of sp³-hybridized carbons (Fsp3) is 0.417. The SMILES string of the molecule is CCc1cc(N)cc(C(=O)NC2CC2)c1. The largest absolute Gasteiger partial charge is 0.399 e. The lowest BCUT2D eigenvalue weighted by Gasteiger charge is -2.06. The third-order valence-electron chi connectivity index (χ3n) is 2.60. The quantitative estimate of drug-likeness (QED) is 0.737. The van der Waals surface area contributed by atoms with Crippen molar-refractivity contribution in [2.75, 3.05) is 5.73 Å². The predicted molar refractivity (Wildman–Crippen MR) is 60.7 cm³/mol. The Balaban J connectivity index is 2.17. The minimum atomic E-state index is -0.000463. The molecule has 1 aliphatic carbocycles. The summed E-state index contributed by atoms with van der Waals surface area (Å²) in [7, 11) is 0. The van der Waals surface area contributed by atoms with Gasteiger partial charge in [-0.3, -0.25) is 4.79 Å². The Kier molecular flexibility index (Phi) is 2.62. The van der Waals surface area contributed by atoms with Crippen molar-refractivity contribution in [1.29, 1.82) is 0 Å². The van der Waals surface area contributed by atoms with Crippen LogP contribution in [-0.2, 0) is 6.42 Å². The fourth-order valence-electron chi connectivity index (χ4n) is 1.55. The first-order valence-corrected chi connectivity index (χ1v) is 5.39. The molecule has 1 aromatic rings. The Hall–Kier alpha value is -1.51. The number of rotatable bonds is 3. The molecule has 0 aromatic heterocycles. The Morgan fingerprint density at radius 3 is 2.80 bits per heavy atom. The van der Waals surface area contributed by atoms with Crippen molar-refractivity contribution in [2.45, 2.75) is 32.2 Å². The first kappa shape index (κ1) is 10.0. The highest BCUT2D eigenvalue weighted by molar-refractivity contribution is 5.95. The number of hydrogen-bond donors (Lipinski definition) is 2. The first-order valence-electron chi connectivity index (χ1n) is 5.39.